The predicted molar refractivity (Wildman–Crippen MR) is 94.6 cm³/mol. The molecule has 2 N–H and O–H groups in total. The fourth-order valence-corrected chi connectivity index (χ4v) is 3.59. The molecule has 0 bridgehead atoms. The Morgan fingerprint density at radius 1 is 1.26 bits per heavy atom. The molecule has 0 aliphatic rings. The lowest BCUT2D eigenvalue weighted by atomic mass is 9.80. The molecule has 0 fully saturated rings. The first-order valence-corrected chi connectivity index (χ1v) is 8.25. The van der Waals surface area contributed by atoms with Crippen LogP contribution in [0.25, 0.3) is 10.8 Å². The standard InChI is InChI=1S/C18H19BrN2O2/c1-11(2)18(22,16-9-20-10-21-16)13-5-6-14-12(8-13)4-7-15(23-3)17(14)19/h4-11,22H,1-3H3,(H,20,21). The van der Waals surface area contributed by atoms with E-state index in [1.54, 1.807) is 19.6 Å². The molecule has 0 saturated carbocycles. The SMILES string of the molecule is COc1ccc2cc(C(O)(c3cnc[nH]3)C(C)C)ccc2c1Br. The second-order valence-corrected chi connectivity index (χ2v) is 6.70. The Hall–Kier alpha value is -1.85. The maximum absolute atomic E-state index is 11.3. The summed E-state index contributed by atoms with van der Waals surface area (Å²) in [5, 5.41) is 13.4. The molecule has 0 radical (unpaired) electrons. The molecule has 4 nitrogen and oxygen atoms in total. The zero-order chi connectivity index (χ0) is 16.6. The number of aromatic nitrogens is 2. The van der Waals surface area contributed by atoms with Gasteiger partial charge < -0.3 is 14.8 Å². The Bertz CT molecular complexity index is 830. The van der Waals surface area contributed by atoms with E-state index in [1.165, 1.54) is 0 Å². The van der Waals surface area contributed by atoms with Gasteiger partial charge in [-0.3, -0.25) is 0 Å². The van der Waals surface area contributed by atoms with Crippen molar-refractivity contribution in [3.8, 4) is 5.75 Å². The first-order chi connectivity index (χ1) is 11.0. The van der Waals surface area contributed by atoms with Gasteiger partial charge in [0.2, 0.25) is 0 Å². The number of rotatable bonds is 4. The molecular weight excluding hydrogens is 356 g/mol. The highest BCUT2D eigenvalue weighted by Crippen LogP contribution is 2.39. The average molecular weight is 375 g/mol. The Kier molecular flexibility index (Phi) is 4.17. The number of aromatic amines is 1. The van der Waals surface area contributed by atoms with Gasteiger partial charge in [0.1, 0.15) is 11.4 Å². The van der Waals surface area contributed by atoms with Gasteiger partial charge in [0.05, 0.1) is 29.8 Å². The molecule has 3 aromatic rings. The molecule has 23 heavy (non-hydrogen) atoms. The number of nitrogens with one attached hydrogen (secondary N) is 1. The van der Waals surface area contributed by atoms with E-state index in [2.05, 4.69) is 25.9 Å². The van der Waals surface area contributed by atoms with Crippen molar-refractivity contribution in [3.63, 3.8) is 0 Å². The fourth-order valence-electron chi connectivity index (χ4n) is 2.93. The van der Waals surface area contributed by atoms with E-state index in [-0.39, 0.29) is 5.92 Å². The zero-order valence-corrected chi connectivity index (χ0v) is 14.9. The second-order valence-electron chi connectivity index (χ2n) is 5.90. The molecule has 1 atom stereocenters. The summed E-state index contributed by atoms with van der Waals surface area (Å²) in [6.45, 7) is 3.99. The fraction of sp³-hybridized carbons (Fsp3) is 0.278. The van der Waals surface area contributed by atoms with Crippen LogP contribution in [0.15, 0.2) is 47.3 Å². The number of hydrogen-bond donors (Lipinski definition) is 2. The highest BCUT2D eigenvalue weighted by atomic mass is 79.9. The number of halogens is 1. The van der Waals surface area contributed by atoms with Crippen LogP contribution in [-0.2, 0) is 5.60 Å². The van der Waals surface area contributed by atoms with Crippen molar-refractivity contribution in [1.82, 2.24) is 9.97 Å². The van der Waals surface area contributed by atoms with Crippen molar-refractivity contribution in [2.75, 3.05) is 7.11 Å². The van der Waals surface area contributed by atoms with Crippen LogP contribution in [0.5, 0.6) is 5.75 Å². The van der Waals surface area contributed by atoms with Crippen LogP contribution in [0.2, 0.25) is 0 Å². The topological polar surface area (TPSA) is 58.1 Å². The van der Waals surface area contributed by atoms with Crippen LogP contribution < -0.4 is 4.74 Å². The first kappa shape index (κ1) is 16.0. The molecule has 2 aromatic carbocycles. The van der Waals surface area contributed by atoms with Crippen molar-refractivity contribution >= 4 is 26.7 Å². The van der Waals surface area contributed by atoms with E-state index in [4.69, 9.17) is 4.74 Å². The summed E-state index contributed by atoms with van der Waals surface area (Å²) in [6.07, 6.45) is 3.26. The average Bonchev–Trinajstić information content (AvgIpc) is 3.09. The summed E-state index contributed by atoms with van der Waals surface area (Å²) in [6, 6.07) is 9.88. The van der Waals surface area contributed by atoms with Crippen molar-refractivity contribution in [2.24, 2.45) is 5.92 Å². The summed E-state index contributed by atoms with van der Waals surface area (Å²) in [5.41, 5.74) is 0.414. The number of methoxy groups -OCH3 is 1. The van der Waals surface area contributed by atoms with Crippen molar-refractivity contribution < 1.29 is 9.84 Å². The number of H-pyrrole nitrogens is 1. The highest BCUT2D eigenvalue weighted by molar-refractivity contribution is 9.10. The first-order valence-electron chi connectivity index (χ1n) is 7.46. The Morgan fingerprint density at radius 2 is 2.04 bits per heavy atom. The summed E-state index contributed by atoms with van der Waals surface area (Å²) in [4.78, 5) is 7.10. The third-order valence-electron chi connectivity index (χ3n) is 4.32. The summed E-state index contributed by atoms with van der Waals surface area (Å²) < 4.78 is 6.25. The smallest absolute Gasteiger partial charge is 0.133 e. The normalized spacial score (nSPS) is 14.2. The van der Waals surface area contributed by atoms with Gasteiger partial charge in [-0.1, -0.05) is 32.0 Å². The predicted octanol–water partition coefficient (Wildman–Crippen LogP) is 4.23. The van der Waals surface area contributed by atoms with E-state index >= 15 is 0 Å². The highest BCUT2D eigenvalue weighted by Gasteiger charge is 2.36. The van der Waals surface area contributed by atoms with Crippen molar-refractivity contribution in [2.45, 2.75) is 19.4 Å². The molecule has 5 heteroatoms. The number of imidazole rings is 1. The molecule has 1 unspecified atom stereocenters. The van der Waals surface area contributed by atoms with Gasteiger partial charge in [-0.15, -0.1) is 0 Å². The summed E-state index contributed by atoms with van der Waals surface area (Å²) in [5.74, 6) is 0.778. The van der Waals surface area contributed by atoms with Crippen molar-refractivity contribution in [1.29, 1.82) is 0 Å². The lowest BCUT2D eigenvalue weighted by molar-refractivity contribution is 0.0281. The largest absolute Gasteiger partial charge is 0.496 e. The van der Waals surface area contributed by atoms with Crippen LogP contribution in [0.3, 0.4) is 0 Å². The van der Waals surface area contributed by atoms with Gasteiger partial charge in [0.25, 0.3) is 0 Å². The Labute approximate surface area is 143 Å². The van der Waals surface area contributed by atoms with Gasteiger partial charge in [0.15, 0.2) is 0 Å². The molecule has 1 aromatic heterocycles. The molecular formula is C18H19BrN2O2. The summed E-state index contributed by atoms with van der Waals surface area (Å²) >= 11 is 3.58. The third kappa shape index (κ3) is 2.54. The van der Waals surface area contributed by atoms with Crippen LogP contribution in [0.4, 0.5) is 0 Å². The zero-order valence-electron chi connectivity index (χ0n) is 13.3. The molecule has 0 amide bonds. The van der Waals surface area contributed by atoms with E-state index in [1.807, 2.05) is 44.2 Å². The van der Waals surface area contributed by atoms with Crippen LogP contribution in [0.1, 0.15) is 25.1 Å². The monoisotopic (exact) mass is 374 g/mol. The molecule has 0 saturated heterocycles. The van der Waals surface area contributed by atoms with E-state index in [0.717, 1.165) is 26.6 Å². The lowest BCUT2D eigenvalue weighted by Crippen LogP contribution is -2.33. The number of nitrogens with zero attached hydrogens (tertiary/aromatic N) is 1. The maximum Gasteiger partial charge on any atom is 0.133 e. The molecule has 0 spiro atoms. The molecule has 1 heterocycles. The van der Waals surface area contributed by atoms with Crippen LogP contribution >= 0.6 is 15.9 Å². The van der Waals surface area contributed by atoms with Crippen molar-refractivity contribution in [3.05, 3.63) is 58.6 Å². The minimum Gasteiger partial charge on any atom is -0.496 e. The minimum atomic E-state index is -1.11. The van der Waals surface area contributed by atoms with E-state index in [9.17, 15) is 5.11 Å². The minimum absolute atomic E-state index is 0.0120. The number of ether oxygens (including phenoxy) is 1. The van der Waals surface area contributed by atoms with Gasteiger partial charge in [-0.25, -0.2) is 4.98 Å². The van der Waals surface area contributed by atoms with E-state index in [0.29, 0.717) is 5.69 Å². The lowest BCUT2D eigenvalue weighted by Gasteiger charge is -2.32. The Morgan fingerprint density at radius 3 is 2.65 bits per heavy atom. The van der Waals surface area contributed by atoms with E-state index < -0.39 is 5.60 Å². The number of aliphatic hydroxyl groups is 1. The summed E-state index contributed by atoms with van der Waals surface area (Å²) in [7, 11) is 1.65. The molecule has 3 rings (SSSR count). The molecule has 0 aliphatic heterocycles. The number of benzene rings is 2. The number of hydrogen-bond acceptors (Lipinski definition) is 3. The van der Waals surface area contributed by atoms with Crippen LogP contribution in [-0.4, -0.2) is 22.2 Å². The van der Waals surface area contributed by atoms with Gasteiger partial charge in [-0.05, 0) is 50.3 Å². The maximum atomic E-state index is 11.3. The molecule has 120 valence electrons. The van der Waals surface area contributed by atoms with Gasteiger partial charge >= 0.3 is 0 Å². The van der Waals surface area contributed by atoms with Crippen LogP contribution in [0, 0.1) is 5.92 Å². The third-order valence-corrected chi connectivity index (χ3v) is 5.14. The molecule has 0 aliphatic carbocycles. The quantitative estimate of drug-likeness (QED) is 0.718. The van der Waals surface area contributed by atoms with Gasteiger partial charge in [-0.2, -0.15) is 0 Å². The number of fused-ring (bicyclic) bond motifs is 1. The van der Waals surface area contributed by atoms with Gasteiger partial charge in [0, 0.05) is 0 Å². The second kappa shape index (κ2) is 5.98. The Balaban J connectivity index is 2.19.